The van der Waals surface area contributed by atoms with Gasteiger partial charge in [0.2, 0.25) is 0 Å². The molecule has 0 saturated carbocycles. The number of unbranched alkanes of at least 4 members (excludes halogenated alkanes) is 2. The van der Waals surface area contributed by atoms with Gasteiger partial charge in [0.05, 0.1) is 19.1 Å². The second kappa shape index (κ2) is 15.6. The normalized spacial score (nSPS) is 15.0. The van der Waals surface area contributed by atoms with Gasteiger partial charge < -0.3 is 19.8 Å². The van der Waals surface area contributed by atoms with E-state index < -0.39 is 0 Å². The maximum Gasteiger partial charge on any atom is 0.305 e. The molecular weight excluding hydrogens is 540 g/mol. The average molecular weight is 585 g/mol. The molecule has 2 aromatic heterocycles. The maximum atomic E-state index is 11.1. The monoisotopic (exact) mass is 584 g/mol. The van der Waals surface area contributed by atoms with Crippen LogP contribution in [-0.4, -0.2) is 83.8 Å². The molecule has 2 N–H and O–H groups in total. The number of esters is 1. The Hall–Kier alpha value is -3.79. The van der Waals surface area contributed by atoms with Gasteiger partial charge in [0, 0.05) is 64.0 Å². The molecule has 9 nitrogen and oxygen atoms in total. The Kier molecular flexibility index (Phi) is 11.1. The lowest BCUT2D eigenvalue weighted by Crippen LogP contribution is -2.46. The van der Waals surface area contributed by atoms with Gasteiger partial charge in [-0.2, -0.15) is 0 Å². The van der Waals surface area contributed by atoms with Gasteiger partial charge in [0.25, 0.3) is 0 Å². The Labute approximate surface area is 254 Å². The topological polar surface area (TPSA) is 95.6 Å². The number of anilines is 1. The molecule has 1 aliphatic rings. The summed E-state index contributed by atoms with van der Waals surface area (Å²) in [4.78, 5) is 28.6. The van der Waals surface area contributed by atoms with Gasteiger partial charge in [-0.1, -0.05) is 61.0 Å². The van der Waals surface area contributed by atoms with Crippen molar-refractivity contribution in [2.24, 2.45) is 0 Å². The molecule has 5 rings (SSSR count). The van der Waals surface area contributed by atoms with Crippen LogP contribution in [0.2, 0.25) is 0 Å². The minimum absolute atomic E-state index is 0.130. The number of carbonyl (C=O) groups excluding carboxylic acids is 1. The summed E-state index contributed by atoms with van der Waals surface area (Å²) in [7, 11) is 1.44. The molecule has 43 heavy (non-hydrogen) atoms. The number of hydrogen-bond acceptors (Lipinski definition) is 8. The van der Waals surface area contributed by atoms with Crippen molar-refractivity contribution in [3.63, 3.8) is 0 Å². The fraction of sp³-hybridized carbons (Fsp3) is 0.441. The van der Waals surface area contributed by atoms with E-state index in [0.29, 0.717) is 6.42 Å². The fourth-order valence-corrected chi connectivity index (χ4v) is 5.51. The molecule has 1 saturated heterocycles. The predicted molar refractivity (Wildman–Crippen MR) is 171 cm³/mol. The zero-order chi connectivity index (χ0) is 29.9. The molecule has 0 radical (unpaired) electrons. The van der Waals surface area contributed by atoms with Crippen LogP contribution in [0.25, 0.3) is 22.3 Å². The second-order valence-corrected chi connectivity index (χ2v) is 11.3. The number of piperazine rings is 1. The lowest BCUT2D eigenvalue weighted by molar-refractivity contribution is -0.140. The number of aromatic nitrogens is 3. The number of rotatable bonds is 15. The number of ether oxygens (including phenoxy) is 2. The largest absolute Gasteiger partial charge is 0.469 e. The van der Waals surface area contributed by atoms with Crippen LogP contribution in [0, 0.1) is 0 Å². The molecule has 2 aromatic carbocycles. The lowest BCUT2D eigenvalue weighted by atomic mass is 10.1. The SMILES string of the molecule is COC(=O)CCCCCOCCN1CCN(Cc2ccc(-c3cc4c(NC(C)c5ccccc5)ncnc4[nH]3)cc2)CC1. The van der Waals surface area contributed by atoms with Crippen molar-refractivity contribution in [3.8, 4) is 11.3 Å². The van der Waals surface area contributed by atoms with Crippen molar-refractivity contribution in [2.45, 2.75) is 45.2 Å². The van der Waals surface area contributed by atoms with Crippen LogP contribution < -0.4 is 5.32 Å². The van der Waals surface area contributed by atoms with E-state index in [1.54, 1.807) is 6.33 Å². The number of fused-ring (bicyclic) bond motifs is 1. The highest BCUT2D eigenvalue weighted by Gasteiger charge is 2.17. The molecule has 1 fully saturated rings. The molecule has 1 atom stereocenters. The van der Waals surface area contributed by atoms with Crippen LogP contribution in [0.4, 0.5) is 5.82 Å². The summed E-state index contributed by atoms with van der Waals surface area (Å²) in [6.07, 6.45) is 4.96. The summed E-state index contributed by atoms with van der Waals surface area (Å²) >= 11 is 0. The molecule has 0 spiro atoms. The number of aromatic amines is 1. The third-order valence-corrected chi connectivity index (χ3v) is 8.16. The molecular formula is C34H44N6O3. The van der Waals surface area contributed by atoms with Gasteiger partial charge in [-0.15, -0.1) is 0 Å². The summed E-state index contributed by atoms with van der Waals surface area (Å²) in [5.74, 6) is 0.702. The van der Waals surface area contributed by atoms with E-state index in [9.17, 15) is 4.79 Å². The number of benzene rings is 2. The average Bonchev–Trinajstić information content (AvgIpc) is 3.49. The molecule has 9 heteroatoms. The number of nitrogens with zero attached hydrogens (tertiary/aromatic N) is 4. The fourth-order valence-electron chi connectivity index (χ4n) is 5.51. The van der Waals surface area contributed by atoms with Gasteiger partial charge in [-0.05, 0) is 42.5 Å². The van der Waals surface area contributed by atoms with Gasteiger partial charge in [0.15, 0.2) is 0 Å². The molecule has 0 amide bonds. The minimum Gasteiger partial charge on any atom is -0.469 e. The quantitative estimate of drug-likeness (QED) is 0.136. The van der Waals surface area contributed by atoms with E-state index in [2.05, 4.69) is 96.3 Å². The predicted octanol–water partition coefficient (Wildman–Crippen LogP) is 5.67. The third kappa shape index (κ3) is 8.86. The summed E-state index contributed by atoms with van der Waals surface area (Å²) in [6, 6.07) is 21.5. The number of hydrogen-bond donors (Lipinski definition) is 2. The molecule has 1 unspecified atom stereocenters. The number of carbonyl (C=O) groups is 1. The second-order valence-electron chi connectivity index (χ2n) is 11.3. The summed E-state index contributed by atoms with van der Waals surface area (Å²) in [5, 5.41) is 4.54. The first-order valence-electron chi connectivity index (χ1n) is 15.4. The van der Waals surface area contributed by atoms with Crippen molar-refractivity contribution < 1.29 is 14.3 Å². The number of methoxy groups -OCH3 is 1. The molecule has 4 aromatic rings. The molecule has 228 valence electrons. The molecule has 0 bridgehead atoms. The number of nitrogens with one attached hydrogen (secondary N) is 2. The van der Waals surface area contributed by atoms with Crippen molar-refractivity contribution in [1.29, 1.82) is 0 Å². The van der Waals surface area contributed by atoms with Crippen LogP contribution in [-0.2, 0) is 20.8 Å². The Morgan fingerprint density at radius 2 is 1.72 bits per heavy atom. The Balaban J connectivity index is 1.05. The lowest BCUT2D eigenvalue weighted by Gasteiger charge is -2.34. The first-order valence-corrected chi connectivity index (χ1v) is 15.4. The van der Waals surface area contributed by atoms with Crippen molar-refractivity contribution in [1.82, 2.24) is 24.8 Å². The van der Waals surface area contributed by atoms with E-state index in [4.69, 9.17) is 4.74 Å². The van der Waals surface area contributed by atoms with Crippen LogP contribution in [0.15, 0.2) is 67.0 Å². The van der Waals surface area contributed by atoms with Gasteiger partial charge in [-0.25, -0.2) is 9.97 Å². The smallest absolute Gasteiger partial charge is 0.305 e. The highest BCUT2D eigenvalue weighted by Crippen LogP contribution is 2.29. The van der Waals surface area contributed by atoms with Crippen LogP contribution >= 0.6 is 0 Å². The van der Waals surface area contributed by atoms with Crippen molar-refractivity contribution in [3.05, 3.63) is 78.1 Å². The van der Waals surface area contributed by atoms with Gasteiger partial charge in [-0.3, -0.25) is 14.6 Å². The van der Waals surface area contributed by atoms with Crippen molar-refractivity contribution in [2.75, 3.05) is 58.4 Å². The van der Waals surface area contributed by atoms with Gasteiger partial charge in [0.1, 0.15) is 17.8 Å². The number of H-pyrrole nitrogens is 1. The van der Waals surface area contributed by atoms with E-state index in [1.807, 2.05) is 6.07 Å². The Morgan fingerprint density at radius 1 is 0.953 bits per heavy atom. The molecule has 1 aliphatic heterocycles. The zero-order valence-corrected chi connectivity index (χ0v) is 25.4. The standard InChI is InChI=1S/C34H44N6O3/c1-26(28-9-5-3-6-10-28)37-33-30-23-31(38-34(30)36-25-35-33)29-14-12-27(13-15-29)24-40-18-16-39(17-19-40)20-22-43-21-8-4-7-11-32(41)42-2/h3,5-6,9-10,12-15,23,25-26H,4,7-8,11,16-22,24H2,1-2H3,(H2,35,36,37,38). The zero-order valence-electron chi connectivity index (χ0n) is 25.4. The summed E-state index contributed by atoms with van der Waals surface area (Å²) < 4.78 is 10.5. The summed E-state index contributed by atoms with van der Waals surface area (Å²) in [5.41, 5.74) is 5.54. The Morgan fingerprint density at radius 3 is 2.49 bits per heavy atom. The highest BCUT2D eigenvalue weighted by molar-refractivity contribution is 5.91. The van der Waals surface area contributed by atoms with E-state index in [-0.39, 0.29) is 12.0 Å². The Bertz CT molecular complexity index is 1420. The van der Waals surface area contributed by atoms with E-state index in [0.717, 1.165) is 99.9 Å². The first-order chi connectivity index (χ1) is 21.1. The molecule has 0 aliphatic carbocycles. The first kappa shape index (κ1) is 30.7. The van der Waals surface area contributed by atoms with Crippen LogP contribution in [0.3, 0.4) is 0 Å². The van der Waals surface area contributed by atoms with Crippen molar-refractivity contribution >= 4 is 22.8 Å². The molecule has 3 heterocycles. The van der Waals surface area contributed by atoms with Gasteiger partial charge >= 0.3 is 5.97 Å². The highest BCUT2D eigenvalue weighted by atomic mass is 16.5. The minimum atomic E-state index is -0.130. The van der Waals surface area contributed by atoms with E-state index >= 15 is 0 Å². The van der Waals surface area contributed by atoms with Crippen LogP contribution in [0.1, 0.15) is 49.8 Å². The maximum absolute atomic E-state index is 11.1. The third-order valence-electron chi connectivity index (χ3n) is 8.16. The van der Waals surface area contributed by atoms with Crippen LogP contribution in [0.5, 0.6) is 0 Å². The van der Waals surface area contributed by atoms with E-state index in [1.165, 1.54) is 18.2 Å². The summed E-state index contributed by atoms with van der Waals surface area (Å²) in [6.45, 7) is 9.86.